The Morgan fingerprint density at radius 1 is 0.592 bits per heavy atom. The van der Waals surface area contributed by atoms with Crippen LogP contribution in [0.1, 0.15) is 73.2 Å². The number of nitrogen functional groups attached to an aromatic ring is 2. The number of nitrogens with two attached hydrogens (primary N) is 2. The highest BCUT2D eigenvalue weighted by atomic mass is 32.1. The van der Waals surface area contributed by atoms with Gasteiger partial charge in [0.15, 0.2) is 23.0 Å². The third-order valence-electron chi connectivity index (χ3n) is 6.38. The van der Waals surface area contributed by atoms with Gasteiger partial charge in [0.25, 0.3) is 0 Å². The summed E-state index contributed by atoms with van der Waals surface area (Å²) in [7, 11) is 0. The van der Waals surface area contributed by atoms with Gasteiger partial charge in [0.1, 0.15) is 12.7 Å². The van der Waals surface area contributed by atoms with Gasteiger partial charge in [-0.15, -0.1) is 20.5 Å². The Balaban J connectivity index is 0.000000205. The number of hydrogen-bond acceptors (Lipinski definition) is 14. The van der Waals surface area contributed by atoms with Crippen LogP contribution in [0.25, 0.3) is 11.4 Å². The summed E-state index contributed by atoms with van der Waals surface area (Å²) >= 11 is 2.35. The fourth-order valence-electron chi connectivity index (χ4n) is 4.19. The molecule has 6 aromatic rings. The molecule has 0 spiro atoms. The van der Waals surface area contributed by atoms with Crippen LogP contribution in [0.3, 0.4) is 0 Å². The molecule has 49 heavy (non-hydrogen) atoms. The zero-order valence-corrected chi connectivity index (χ0v) is 30.6. The number of nitrogens with zero attached hydrogens (tertiary/aromatic N) is 12. The quantitative estimate of drug-likeness (QED) is 0.161. The Morgan fingerprint density at radius 3 is 1.22 bits per heavy atom. The molecule has 0 saturated carbocycles. The molecule has 0 aliphatic rings. The lowest BCUT2D eigenvalue weighted by Crippen LogP contribution is -2.13. The molecule has 0 aliphatic heterocycles. The minimum absolute atomic E-state index is 0.219. The lowest BCUT2D eigenvalue weighted by molar-refractivity contribution is 0.561. The molecule has 0 radical (unpaired) electrons. The van der Waals surface area contributed by atoms with Gasteiger partial charge in [0.05, 0.1) is 22.8 Å². The largest absolute Gasteiger partial charge is 0.382 e. The van der Waals surface area contributed by atoms with Gasteiger partial charge in [0, 0.05) is 33.9 Å². The molecule has 0 aliphatic carbocycles. The maximum absolute atomic E-state index is 6.29. The van der Waals surface area contributed by atoms with Gasteiger partial charge < -0.3 is 11.5 Å². The zero-order chi connectivity index (χ0) is 35.6. The molecule has 14 nitrogen and oxygen atoms in total. The number of hydrogen-bond donors (Lipinski definition) is 2. The summed E-state index contributed by atoms with van der Waals surface area (Å²) in [4.78, 5) is 7.99. The number of aromatic nitrogens is 8. The normalized spacial score (nSPS) is 11.8. The van der Waals surface area contributed by atoms with Gasteiger partial charge in [-0.2, -0.15) is 18.9 Å². The van der Waals surface area contributed by atoms with Crippen molar-refractivity contribution in [1.29, 1.82) is 0 Å². The number of anilines is 2. The van der Waals surface area contributed by atoms with E-state index < -0.39 is 0 Å². The van der Waals surface area contributed by atoms with Crippen LogP contribution >= 0.6 is 23.1 Å². The van der Waals surface area contributed by atoms with E-state index in [9.17, 15) is 0 Å². The van der Waals surface area contributed by atoms with Crippen molar-refractivity contribution < 1.29 is 0 Å². The highest BCUT2D eigenvalue weighted by Crippen LogP contribution is 2.39. The fraction of sp³-hybridized carbons (Fsp3) is 0.333. The minimum atomic E-state index is -0.219. The third-order valence-corrected chi connectivity index (χ3v) is 7.48. The topological polar surface area (TPSA) is 189 Å². The summed E-state index contributed by atoms with van der Waals surface area (Å²) in [5.41, 5.74) is 16.6. The fourth-order valence-corrected chi connectivity index (χ4v) is 4.91. The van der Waals surface area contributed by atoms with Crippen LogP contribution in [-0.2, 0) is 10.8 Å². The molecule has 0 bridgehead atoms. The van der Waals surface area contributed by atoms with Gasteiger partial charge in [0.2, 0.25) is 10.3 Å². The van der Waals surface area contributed by atoms with E-state index in [0.29, 0.717) is 33.3 Å². The molecule has 2 aromatic carbocycles. The standard InChI is InChI=1S/2C15H17N7S.C3H8/c2*1-15(2,3)12-11(19-20-14-17-9-18-23-14)13(16)22(21-12)10-7-5-4-6-8-10;1-3-2/h2*4-9H,16H2,1-3H3;3H2,1-2H3. The van der Waals surface area contributed by atoms with Crippen molar-refractivity contribution in [3.63, 3.8) is 0 Å². The monoisotopic (exact) mass is 698 g/mol. The van der Waals surface area contributed by atoms with E-state index in [4.69, 9.17) is 11.5 Å². The van der Waals surface area contributed by atoms with Crippen molar-refractivity contribution in [3.05, 3.63) is 84.7 Å². The average Bonchev–Trinajstić information content (AvgIpc) is 3.88. The summed E-state index contributed by atoms with van der Waals surface area (Å²) in [6.45, 7) is 16.6. The molecular formula is C33H42N14S2. The van der Waals surface area contributed by atoms with Gasteiger partial charge in [-0.05, 0) is 24.3 Å². The van der Waals surface area contributed by atoms with Crippen LogP contribution in [-0.4, -0.2) is 38.3 Å². The van der Waals surface area contributed by atoms with E-state index in [-0.39, 0.29) is 10.8 Å². The summed E-state index contributed by atoms with van der Waals surface area (Å²) in [5, 5.41) is 27.1. The highest BCUT2D eigenvalue weighted by molar-refractivity contribution is 7.09. The SMILES string of the molecule is CC(C)(C)c1nn(-c2ccccc2)c(N)c1N=Nc1ncns1.CC(C)(C)c1nn(-c2ccccc2)c(N)c1N=Nc1ncns1.CCC. The molecule has 0 fully saturated rings. The van der Waals surface area contributed by atoms with Crippen LogP contribution in [0, 0.1) is 0 Å². The van der Waals surface area contributed by atoms with Crippen molar-refractivity contribution >= 4 is 56.3 Å². The first kappa shape index (κ1) is 36.6. The summed E-state index contributed by atoms with van der Waals surface area (Å²) in [6.07, 6.45) is 4.14. The van der Waals surface area contributed by atoms with Crippen molar-refractivity contribution in [1.82, 2.24) is 38.3 Å². The Labute approximate surface area is 294 Å². The summed E-state index contributed by atoms with van der Waals surface area (Å²) in [5.74, 6) is 0.906. The minimum Gasteiger partial charge on any atom is -0.382 e. The molecule has 256 valence electrons. The molecule has 16 heteroatoms. The first-order valence-corrected chi connectivity index (χ1v) is 17.1. The number of azo groups is 2. The Kier molecular flexibility index (Phi) is 12.1. The lowest BCUT2D eigenvalue weighted by atomic mass is 9.91. The van der Waals surface area contributed by atoms with Crippen molar-refractivity contribution in [2.24, 2.45) is 20.5 Å². The van der Waals surface area contributed by atoms with Crippen LogP contribution < -0.4 is 11.5 Å². The number of para-hydroxylation sites is 2. The summed E-state index contributed by atoms with van der Waals surface area (Å²) < 4.78 is 11.2. The van der Waals surface area contributed by atoms with Crippen molar-refractivity contribution in [3.8, 4) is 11.4 Å². The maximum Gasteiger partial charge on any atom is 0.249 e. The molecule has 4 N–H and O–H groups in total. The molecule has 0 saturated heterocycles. The molecule has 0 atom stereocenters. The second kappa shape index (κ2) is 16.3. The molecular weight excluding hydrogens is 657 g/mol. The van der Waals surface area contributed by atoms with E-state index in [2.05, 4.69) is 105 Å². The van der Waals surface area contributed by atoms with Gasteiger partial charge in [-0.1, -0.05) is 98.2 Å². The van der Waals surface area contributed by atoms with E-state index >= 15 is 0 Å². The smallest absolute Gasteiger partial charge is 0.249 e. The van der Waals surface area contributed by atoms with E-state index in [1.165, 1.54) is 42.1 Å². The van der Waals surface area contributed by atoms with E-state index in [1.807, 2.05) is 60.7 Å². The second-order valence-electron chi connectivity index (χ2n) is 12.7. The Morgan fingerprint density at radius 2 is 0.939 bits per heavy atom. The Bertz CT molecular complexity index is 1790. The van der Waals surface area contributed by atoms with E-state index in [0.717, 1.165) is 22.8 Å². The van der Waals surface area contributed by atoms with Crippen LogP contribution in [0.4, 0.5) is 33.3 Å². The lowest BCUT2D eigenvalue weighted by Gasteiger charge is -2.15. The molecule has 4 heterocycles. The molecule has 4 aromatic heterocycles. The number of rotatable bonds is 6. The van der Waals surface area contributed by atoms with Crippen LogP contribution in [0.5, 0.6) is 0 Å². The predicted molar refractivity (Wildman–Crippen MR) is 197 cm³/mol. The predicted octanol–water partition coefficient (Wildman–Crippen LogP) is 9.45. The van der Waals surface area contributed by atoms with Crippen molar-refractivity contribution in [2.75, 3.05) is 11.5 Å². The highest BCUT2D eigenvalue weighted by Gasteiger charge is 2.28. The zero-order valence-electron chi connectivity index (χ0n) is 29.0. The van der Waals surface area contributed by atoms with Gasteiger partial charge in [-0.25, -0.2) is 19.3 Å². The van der Waals surface area contributed by atoms with Gasteiger partial charge in [-0.3, -0.25) is 0 Å². The first-order valence-electron chi connectivity index (χ1n) is 15.6. The maximum atomic E-state index is 6.29. The van der Waals surface area contributed by atoms with Crippen molar-refractivity contribution in [2.45, 2.75) is 72.6 Å². The molecule has 0 amide bonds. The van der Waals surface area contributed by atoms with Crippen LogP contribution in [0.15, 0.2) is 93.8 Å². The second-order valence-corrected chi connectivity index (χ2v) is 14.2. The first-order chi connectivity index (χ1) is 23.3. The summed E-state index contributed by atoms with van der Waals surface area (Å²) in [6, 6.07) is 19.4. The average molecular weight is 699 g/mol. The Hall–Kier alpha value is -5.22. The molecule has 6 rings (SSSR count). The third kappa shape index (κ3) is 9.45. The van der Waals surface area contributed by atoms with Crippen LogP contribution in [0.2, 0.25) is 0 Å². The van der Waals surface area contributed by atoms with Gasteiger partial charge >= 0.3 is 0 Å². The van der Waals surface area contributed by atoms with E-state index in [1.54, 1.807) is 9.36 Å². The molecule has 0 unspecified atom stereocenters. The number of benzene rings is 2.